The molecule has 2 rings (SSSR count). The minimum Gasteiger partial charge on any atom is -0.506 e. The summed E-state index contributed by atoms with van der Waals surface area (Å²) in [5, 5.41) is 9.95. The Labute approximate surface area is 86.7 Å². The summed E-state index contributed by atoms with van der Waals surface area (Å²) in [5.74, 6) is 0.769. The fourth-order valence-corrected chi connectivity index (χ4v) is 1.59. The maximum absolute atomic E-state index is 9.61. The molecule has 0 aliphatic rings. The first-order valence-electron chi connectivity index (χ1n) is 4.22. The number of hydrogen-bond acceptors (Lipinski definition) is 2. The molecule has 0 atom stereocenters. The lowest BCUT2D eigenvalue weighted by Crippen LogP contribution is -1.81. The largest absolute Gasteiger partial charge is 0.506 e. The van der Waals surface area contributed by atoms with Crippen molar-refractivity contribution in [2.24, 2.45) is 0 Å². The molecule has 0 bridgehead atoms. The summed E-state index contributed by atoms with van der Waals surface area (Å²) in [7, 11) is 0. The van der Waals surface area contributed by atoms with E-state index in [0.29, 0.717) is 16.3 Å². The molecule has 1 aromatic heterocycles. The Hall–Kier alpha value is -1.41. The van der Waals surface area contributed by atoms with Gasteiger partial charge in [-0.2, -0.15) is 0 Å². The zero-order valence-electron chi connectivity index (χ0n) is 7.62. The molecule has 3 heteroatoms. The van der Waals surface area contributed by atoms with E-state index in [1.165, 1.54) is 0 Å². The molecule has 1 heterocycles. The minimum atomic E-state index is 0.112. The summed E-state index contributed by atoms with van der Waals surface area (Å²) < 4.78 is 5.20. The summed E-state index contributed by atoms with van der Waals surface area (Å²) in [6, 6.07) is 7.22. The van der Waals surface area contributed by atoms with E-state index in [2.05, 4.69) is 0 Å². The van der Waals surface area contributed by atoms with Gasteiger partial charge in [-0.3, -0.25) is 0 Å². The van der Waals surface area contributed by atoms with Crippen LogP contribution in [0.4, 0.5) is 0 Å². The molecule has 0 radical (unpaired) electrons. The van der Waals surface area contributed by atoms with Gasteiger partial charge in [0.05, 0.1) is 11.3 Å². The molecule has 0 aliphatic heterocycles. The van der Waals surface area contributed by atoms with Gasteiger partial charge in [0.25, 0.3) is 0 Å². The average molecular weight is 209 g/mol. The molecule has 14 heavy (non-hydrogen) atoms. The molecule has 0 amide bonds. The van der Waals surface area contributed by atoms with Crippen LogP contribution in [0.15, 0.2) is 34.9 Å². The van der Waals surface area contributed by atoms with E-state index in [-0.39, 0.29) is 5.75 Å². The Morgan fingerprint density at radius 1 is 1.29 bits per heavy atom. The summed E-state index contributed by atoms with van der Waals surface area (Å²) in [5.41, 5.74) is 1.46. The molecule has 72 valence electrons. The van der Waals surface area contributed by atoms with Gasteiger partial charge in [0.2, 0.25) is 0 Å². The molecule has 0 spiro atoms. The van der Waals surface area contributed by atoms with E-state index in [1.807, 2.05) is 6.07 Å². The van der Waals surface area contributed by atoms with Crippen molar-refractivity contribution in [3.8, 4) is 17.1 Å². The van der Waals surface area contributed by atoms with Gasteiger partial charge in [-0.05, 0) is 30.7 Å². The first-order valence-corrected chi connectivity index (χ1v) is 4.60. The number of phenols is 1. The number of rotatable bonds is 1. The van der Waals surface area contributed by atoms with E-state index in [0.717, 1.165) is 5.56 Å². The van der Waals surface area contributed by atoms with Crippen LogP contribution in [0.3, 0.4) is 0 Å². The van der Waals surface area contributed by atoms with Crippen LogP contribution in [0.5, 0.6) is 5.75 Å². The second-order valence-electron chi connectivity index (χ2n) is 3.07. The van der Waals surface area contributed by atoms with Crippen LogP contribution in [0.2, 0.25) is 5.02 Å². The van der Waals surface area contributed by atoms with Gasteiger partial charge < -0.3 is 9.52 Å². The molecule has 0 fully saturated rings. The highest BCUT2D eigenvalue weighted by atomic mass is 35.5. The second kappa shape index (κ2) is 3.39. The Balaban J connectivity index is 2.61. The molecule has 2 aromatic rings. The second-order valence-corrected chi connectivity index (χ2v) is 3.45. The normalized spacial score (nSPS) is 10.4. The van der Waals surface area contributed by atoms with Crippen LogP contribution in [-0.2, 0) is 0 Å². The van der Waals surface area contributed by atoms with E-state index >= 15 is 0 Å². The van der Waals surface area contributed by atoms with Crippen molar-refractivity contribution >= 4 is 11.6 Å². The predicted octanol–water partition coefficient (Wildman–Crippen LogP) is 3.61. The van der Waals surface area contributed by atoms with Gasteiger partial charge in [0.15, 0.2) is 0 Å². The Morgan fingerprint density at radius 3 is 2.71 bits per heavy atom. The SMILES string of the molecule is Cc1ccc(-c2ccco2)c(Cl)c1O. The average Bonchev–Trinajstić information content (AvgIpc) is 2.67. The molecule has 2 nitrogen and oxygen atoms in total. The van der Waals surface area contributed by atoms with Crippen LogP contribution >= 0.6 is 11.6 Å². The van der Waals surface area contributed by atoms with Crippen LogP contribution in [0.1, 0.15) is 5.56 Å². The van der Waals surface area contributed by atoms with Crippen LogP contribution in [0, 0.1) is 6.92 Å². The van der Waals surface area contributed by atoms with Crippen molar-refractivity contribution in [1.29, 1.82) is 0 Å². The lowest BCUT2D eigenvalue weighted by molar-refractivity contribution is 0.471. The summed E-state index contributed by atoms with van der Waals surface area (Å²) in [4.78, 5) is 0. The van der Waals surface area contributed by atoms with E-state index in [1.54, 1.807) is 31.4 Å². The van der Waals surface area contributed by atoms with Crippen LogP contribution in [0.25, 0.3) is 11.3 Å². The maximum atomic E-state index is 9.61. The Bertz CT molecular complexity index is 447. The highest BCUT2D eigenvalue weighted by Crippen LogP contribution is 2.36. The van der Waals surface area contributed by atoms with Gasteiger partial charge in [-0.1, -0.05) is 17.7 Å². The molecular weight excluding hydrogens is 200 g/mol. The van der Waals surface area contributed by atoms with Crippen molar-refractivity contribution < 1.29 is 9.52 Å². The lowest BCUT2D eigenvalue weighted by Gasteiger charge is -2.05. The number of benzene rings is 1. The van der Waals surface area contributed by atoms with Gasteiger partial charge in [-0.15, -0.1) is 0 Å². The molecule has 0 saturated carbocycles. The number of aryl methyl sites for hydroxylation is 1. The molecule has 0 aliphatic carbocycles. The standard InChI is InChI=1S/C11H9ClO2/c1-7-4-5-8(10(12)11(7)13)9-3-2-6-14-9/h2-6,13H,1H3. The fourth-order valence-electron chi connectivity index (χ4n) is 1.28. The smallest absolute Gasteiger partial charge is 0.137 e. The van der Waals surface area contributed by atoms with E-state index < -0.39 is 0 Å². The zero-order valence-corrected chi connectivity index (χ0v) is 8.38. The van der Waals surface area contributed by atoms with Gasteiger partial charge in [0, 0.05) is 5.56 Å². The number of furan rings is 1. The topological polar surface area (TPSA) is 33.4 Å². The monoisotopic (exact) mass is 208 g/mol. The maximum Gasteiger partial charge on any atom is 0.137 e. The first-order chi connectivity index (χ1) is 6.70. The van der Waals surface area contributed by atoms with Gasteiger partial charge in [0.1, 0.15) is 11.5 Å². The zero-order chi connectivity index (χ0) is 10.1. The van der Waals surface area contributed by atoms with Gasteiger partial charge >= 0.3 is 0 Å². The quantitative estimate of drug-likeness (QED) is 0.777. The predicted molar refractivity (Wildman–Crippen MR) is 55.6 cm³/mol. The first kappa shape index (κ1) is 9.16. The number of phenolic OH excluding ortho intramolecular Hbond substituents is 1. The summed E-state index contributed by atoms with van der Waals surface area (Å²) in [6.07, 6.45) is 1.57. The van der Waals surface area contributed by atoms with Crippen molar-refractivity contribution in [2.45, 2.75) is 6.92 Å². The Morgan fingerprint density at radius 2 is 2.07 bits per heavy atom. The van der Waals surface area contributed by atoms with Crippen molar-refractivity contribution in [3.05, 3.63) is 41.1 Å². The molecule has 1 aromatic carbocycles. The van der Waals surface area contributed by atoms with Crippen molar-refractivity contribution in [1.82, 2.24) is 0 Å². The molecule has 0 unspecified atom stereocenters. The van der Waals surface area contributed by atoms with E-state index in [4.69, 9.17) is 16.0 Å². The Kier molecular flexibility index (Phi) is 2.22. The van der Waals surface area contributed by atoms with Gasteiger partial charge in [-0.25, -0.2) is 0 Å². The number of aromatic hydroxyl groups is 1. The highest BCUT2D eigenvalue weighted by Gasteiger charge is 2.11. The van der Waals surface area contributed by atoms with Crippen molar-refractivity contribution in [2.75, 3.05) is 0 Å². The summed E-state index contributed by atoms with van der Waals surface area (Å²) >= 11 is 5.98. The number of hydrogen-bond donors (Lipinski definition) is 1. The molecule has 1 N–H and O–H groups in total. The third-order valence-electron chi connectivity index (χ3n) is 2.10. The fraction of sp³-hybridized carbons (Fsp3) is 0.0909. The number of halogens is 1. The summed E-state index contributed by atoms with van der Waals surface area (Å²) in [6.45, 7) is 1.80. The van der Waals surface area contributed by atoms with Crippen LogP contribution < -0.4 is 0 Å². The minimum absolute atomic E-state index is 0.112. The third kappa shape index (κ3) is 1.38. The van der Waals surface area contributed by atoms with Crippen molar-refractivity contribution in [3.63, 3.8) is 0 Å². The lowest BCUT2D eigenvalue weighted by atomic mass is 10.1. The third-order valence-corrected chi connectivity index (χ3v) is 2.49. The van der Waals surface area contributed by atoms with E-state index in [9.17, 15) is 5.11 Å². The molecule has 0 saturated heterocycles. The highest BCUT2D eigenvalue weighted by molar-refractivity contribution is 6.34. The van der Waals surface area contributed by atoms with Crippen LogP contribution in [-0.4, -0.2) is 5.11 Å². The molecular formula is C11H9ClO2.